The number of nitrogens with zero attached hydrogens (tertiary/aromatic N) is 6. The van der Waals surface area contributed by atoms with E-state index in [0.717, 1.165) is 55.4 Å². The second-order valence-corrected chi connectivity index (χ2v) is 8.57. The molecule has 0 aliphatic heterocycles. The van der Waals surface area contributed by atoms with Gasteiger partial charge in [-0.1, -0.05) is 30.3 Å². The summed E-state index contributed by atoms with van der Waals surface area (Å²) in [6.45, 7) is 7.43. The van der Waals surface area contributed by atoms with Crippen LogP contribution in [0.3, 0.4) is 0 Å². The van der Waals surface area contributed by atoms with E-state index in [1.807, 2.05) is 83.4 Å². The van der Waals surface area contributed by atoms with Crippen LogP contribution < -0.4 is 0 Å². The molecule has 0 aliphatic rings. The van der Waals surface area contributed by atoms with Crippen molar-refractivity contribution in [3.63, 3.8) is 0 Å². The molecule has 6 heteroatoms. The van der Waals surface area contributed by atoms with E-state index in [1.54, 1.807) is 6.20 Å². The maximum atomic E-state index is 9.45. The van der Waals surface area contributed by atoms with Crippen LogP contribution >= 0.6 is 0 Å². The van der Waals surface area contributed by atoms with Crippen molar-refractivity contribution >= 4 is 49.4 Å². The first-order valence-corrected chi connectivity index (χ1v) is 11.4. The van der Waals surface area contributed by atoms with Crippen LogP contribution in [0.2, 0.25) is 0 Å². The van der Waals surface area contributed by atoms with Crippen LogP contribution in [0.5, 0.6) is 0 Å². The van der Waals surface area contributed by atoms with E-state index >= 15 is 0 Å². The van der Waals surface area contributed by atoms with Gasteiger partial charge >= 0.3 is 0 Å². The molecule has 3 aromatic carbocycles. The molecule has 0 fully saturated rings. The van der Waals surface area contributed by atoms with Crippen molar-refractivity contribution in [3.05, 3.63) is 114 Å². The number of para-hydroxylation sites is 1. The molecule has 0 bridgehead atoms. The Balaban J connectivity index is 1.53. The molecule has 0 spiro atoms. The molecule has 0 radical (unpaired) electrons. The van der Waals surface area contributed by atoms with Crippen molar-refractivity contribution in [1.82, 2.24) is 19.1 Å². The van der Waals surface area contributed by atoms with Gasteiger partial charge in [-0.3, -0.25) is 9.13 Å². The number of rotatable bonds is 2. The Kier molecular flexibility index (Phi) is 4.17. The Morgan fingerprint density at radius 2 is 1.42 bits per heavy atom. The summed E-state index contributed by atoms with van der Waals surface area (Å²) < 4.78 is 4.18. The number of pyridine rings is 2. The maximum Gasteiger partial charge on any atom is 0.188 e. The molecule has 0 atom stereocenters. The van der Waals surface area contributed by atoms with Crippen LogP contribution in [0.4, 0.5) is 5.69 Å². The molecular weight excluding hydrogens is 444 g/mol. The molecule has 4 heterocycles. The van der Waals surface area contributed by atoms with Crippen LogP contribution in [0.25, 0.3) is 60.2 Å². The third-order valence-electron chi connectivity index (χ3n) is 6.62. The van der Waals surface area contributed by atoms with Gasteiger partial charge in [-0.05, 0) is 66.0 Å². The highest BCUT2D eigenvalue weighted by atomic mass is 15.2. The standard InChI is InChI=1S/C30H16N6/c1-32-20-12-14-27-24(17-20)22-7-5-15-33-30(22)36(27)29-10-4-9-28(34-29)35-25-8-3-2-6-21(25)23-16-19(18-31)11-13-26(23)35/h2-17H. The van der Waals surface area contributed by atoms with Crippen molar-refractivity contribution in [2.24, 2.45) is 0 Å². The van der Waals surface area contributed by atoms with Crippen molar-refractivity contribution in [2.45, 2.75) is 0 Å². The highest BCUT2D eigenvalue weighted by Crippen LogP contribution is 2.35. The zero-order chi connectivity index (χ0) is 24.2. The molecule has 0 amide bonds. The van der Waals surface area contributed by atoms with Gasteiger partial charge in [0.2, 0.25) is 0 Å². The third-order valence-corrected chi connectivity index (χ3v) is 6.62. The van der Waals surface area contributed by atoms with Gasteiger partial charge in [0.15, 0.2) is 5.69 Å². The second kappa shape index (κ2) is 7.53. The normalized spacial score (nSPS) is 11.3. The maximum absolute atomic E-state index is 9.45. The van der Waals surface area contributed by atoms with Crippen molar-refractivity contribution in [2.75, 3.05) is 0 Å². The average molecular weight is 461 g/mol. The van der Waals surface area contributed by atoms with Crippen molar-refractivity contribution in [3.8, 4) is 17.7 Å². The fourth-order valence-electron chi connectivity index (χ4n) is 5.09. The molecule has 36 heavy (non-hydrogen) atoms. The Hall–Kier alpha value is -5.46. The molecule has 7 rings (SSSR count). The molecule has 7 aromatic rings. The molecule has 6 nitrogen and oxygen atoms in total. The predicted molar refractivity (Wildman–Crippen MR) is 142 cm³/mol. The fourth-order valence-corrected chi connectivity index (χ4v) is 5.09. The number of aromatic nitrogens is 4. The summed E-state index contributed by atoms with van der Waals surface area (Å²) in [6.07, 6.45) is 1.77. The molecule has 0 N–H and O–H groups in total. The molecule has 0 saturated heterocycles. The topological polar surface area (TPSA) is 63.8 Å². The van der Waals surface area contributed by atoms with Crippen molar-refractivity contribution in [1.29, 1.82) is 5.26 Å². The van der Waals surface area contributed by atoms with Crippen LogP contribution in [0.15, 0.2) is 97.2 Å². The molecule has 0 unspecified atom stereocenters. The van der Waals surface area contributed by atoms with Gasteiger partial charge in [-0.2, -0.15) is 5.26 Å². The van der Waals surface area contributed by atoms with Gasteiger partial charge in [0, 0.05) is 22.4 Å². The van der Waals surface area contributed by atoms with E-state index in [2.05, 4.69) is 32.6 Å². The highest BCUT2D eigenvalue weighted by Gasteiger charge is 2.17. The SMILES string of the molecule is [C-]#[N+]c1ccc2c(c1)c1cccnc1n2-c1cccc(-n2c3ccccc3c3cc(C#N)ccc32)n1. The Morgan fingerprint density at radius 3 is 2.28 bits per heavy atom. The molecule has 166 valence electrons. The number of hydrogen-bond donors (Lipinski definition) is 0. The first-order valence-electron chi connectivity index (χ1n) is 11.4. The smallest absolute Gasteiger partial charge is 0.188 e. The van der Waals surface area contributed by atoms with E-state index in [1.165, 1.54) is 0 Å². The lowest BCUT2D eigenvalue weighted by Crippen LogP contribution is -2.03. The number of nitriles is 1. The first-order chi connectivity index (χ1) is 17.8. The lowest BCUT2D eigenvalue weighted by atomic mass is 10.1. The van der Waals surface area contributed by atoms with Gasteiger partial charge < -0.3 is 0 Å². The Bertz CT molecular complexity index is 1930. The zero-order valence-corrected chi connectivity index (χ0v) is 18.9. The van der Waals surface area contributed by atoms with Gasteiger partial charge in [-0.25, -0.2) is 14.8 Å². The van der Waals surface area contributed by atoms with Gasteiger partial charge in [-0.15, -0.1) is 0 Å². The number of hydrogen-bond acceptors (Lipinski definition) is 3. The summed E-state index contributed by atoms with van der Waals surface area (Å²) in [5, 5.41) is 13.5. The highest BCUT2D eigenvalue weighted by molar-refractivity contribution is 6.10. The minimum atomic E-state index is 0.592. The van der Waals surface area contributed by atoms with E-state index in [4.69, 9.17) is 11.6 Å². The second-order valence-electron chi connectivity index (χ2n) is 8.57. The lowest BCUT2D eigenvalue weighted by molar-refractivity contribution is 1.00. The van der Waals surface area contributed by atoms with E-state index < -0.39 is 0 Å². The van der Waals surface area contributed by atoms with Gasteiger partial charge in [0.1, 0.15) is 17.3 Å². The number of benzene rings is 3. The van der Waals surface area contributed by atoms with Crippen LogP contribution in [0, 0.1) is 17.9 Å². The van der Waals surface area contributed by atoms with Crippen LogP contribution in [0.1, 0.15) is 5.56 Å². The first kappa shape index (κ1) is 20.0. The molecular formula is C30H16N6. The summed E-state index contributed by atoms with van der Waals surface area (Å²) in [6, 6.07) is 31.8. The van der Waals surface area contributed by atoms with E-state index in [-0.39, 0.29) is 0 Å². The molecule has 0 saturated carbocycles. The van der Waals surface area contributed by atoms with Crippen molar-refractivity contribution < 1.29 is 0 Å². The summed E-state index contributed by atoms with van der Waals surface area (Å²) in [4.78, 5) is 13.4. The van der Waals surface area contributed by atoms with Crippen LogP contribution in [-0.4, -0.2) is 19.1 Å². The summed E-state index contributed by atoms with van der Waals surface area (Å²) >= 11 is 0. The summed E-state index contributed by atoms with van der Waals surface area (Å²) in [5.41, 5.74) is 4.97. The Labute approximate surface area is 205 Å². The monoisotopic (exact) mass is 460 g/mol. The summed E-state index contributed by atoms with van der Waals surface area (Å²) in [7, 11) is 0. The number of fused-ring (bicyclic) bond motifs is 6. The predicted octanol–water partition coefficient (Wildman–Crippen LogP) is 7.09. The van der Waals surface area contributed by atoms with Crippen LogP contribution in [-0.2, 0) is 0 Å². The molecule has 4 aromatic heterocycles. The van der Waals surface area contributed by atoms with E-state index in [0.29, 0.717) is 11.3 Å². The molecule has 0 aliphatic carbocycles. The van der Waals surface area contributed by atoms with Gasteiger partial charge in [0.05, 0.1) is 34.8 Å². The largest absolute Gasteiger partial charge is 0.294 e. The minimum absolute atomic E-state index is 0.592. The lowest BCUT2D eigenvalue weighted by Gasteiger charge is -2.11. The quantitative estimate of drug-likeness (QED) is 0.259. The fraction of sp³-hybridized carbons (Fsp3) is 0. The minimum Gasteiger partial charge on any atom is -0.294 e. The average Bonchev–Trinajstić information content (AvgIpc) is 3.45. The summed E-state index contributed by atoms with van der Waals surface area (Å²) in [5.74, 6) is 1.51. The zero-order valence-electron chi connectivity index (χ0n) is 18.9. The van der Waals surface area contributed by atoms with E-state index in [9.17, 15) is 5.26 Å². The van der Waals surface area contributed by atoms with Gasteiger partial charge in [0.25, 0.3) is 0 Å². The Morgan fingerprint density at radius 1 is 0.694 bits per heavy atom. The third kappa shape index (κ3) is 2.76.